The first-order chi connectivity index (χ1) is 10.2. The van der Waals surface area contributed by atoms with Crippen LogP contribution < -0.4 is 5.73 Å². The SMILES string of the molecule is NCOP(=O)(OCc1ccccc1)OCc1ccccc1. The molecule has 6 heteroatoms. The maximum atomic E-state index is 12.4. The molecule has 0 radical (unpaired) electrons. The second-order valence-corrected chi connectivity index (χ2v) is 5.93. The molecule has 5 nitrogen and oxygen atoms in total. The second-order valence-electron chi connectivity index (χ2n) is 4.26. The molecule has 0 aliphatic heterocycles. The molecular formula is C15H18NO4P. The van der Waals surface area contributed by atoms with Crippen LogP contribution in [0.2, 0.25) is 0 Å². The average molecular weight is 307 g/mol. The van der Waals surface area contributed by atoms with Crippen LogP contribution >= 0.6 is 7.82 Å². The number of rotatable bonds is 8. The highest BCUT2D eigenvalue weighted by Crippen LogP contribution is 2.50. The summed E-state index contributed by atoms with van der Waals surface area (Å²) in [7, 11) is -3.68. The Labute approximate surface area is 124 Å². The van der Waals surface area contributed by atoms with Crippen LogP contribution in [-0.4, -0.2) is 6.73 Å². The molecule has 0 unspecified atom stereocenters. The molecule has 2 N–H and O–H groups in total. The number of benzene rings is 2. The summed E-state index contributed by atoms with van der Waals surface area (Å²) in [4.78, 5) is 0. The van der Waals surface area contributed by atoms with E-state index in [1.807, 2.05) is 60.7 Å². The van der Waals surface area contributed by atoms with Gasteiger partial charge >= 0.3 is 7.82 Å². The van der Waals surface area contributed by atoms with Gasteiger partial charge in [0.05, 0.1) is 13.2 Å². The van der Waals surface area contributed by atoms with Crippen LogP contribution in [0.25, 0.3) is 0 Å². The Kier molecular flexibility index (Phi) is 6.11. The van der Waals surface area contributed by atoms with Crippen molar-refractivity contribution in [2.24, 2.45) is 5.73 Å². The quantitative estimate of drug-likeness (QED) is 0.597. The summed E-state index contributed by atoms with van der Waals surface area (Å²) in [6, 6.07) is 18.7. The molecule has 0 aliphatic carbocycles. The predicted octanol–water partition coefficient (Wildman–Crippen LogP) is 3.46. The summed E-state index contributed by atoms with van der Waals surface area (Å²) in [6.07, 6.45) is 0. The lowest BCUT2D eigenvalue weighted by Gasteiger charge is -2.17. The first-order valence-corrected chi connectivity index (χ1v) is 7.99. The molecular weight excluding hydrogens is 289 g/mol. The van der Waals surface area contributed by atoms with E-state index in [4.69, 9.17) is 19.3 Å². The molecule has 112 valence electrons. The van der Waals surface area contributed by atoms with Gasteiger partial charge in [0, 0.05) is 0 Å². The Bertz CT molecular complexity index is 529. The Hall–Kier alpha value is -1.49. The predicted molar refractivity (Wildman–Crippen MR) is 80.2 cm³/mol. The van der Waals surface area contributed by atoms with Crippen molar-refractivity contribution in [3.8, 4) is 0 Å². The van der Waals surface area contributed by atoms with Gasteiger partial charge in [-0.25, -0.2) is 4.57 Å². The lowest BCUT2D eigenvalue weighted by Crippen LogP contribution is -2.07. The molecule has 0 amide bonds. The van der Waals surface area contributed by atoms with Crippen molar-refractivity contribution in [1.82, 2.24) is 0 Å². The zero-order valence-electron chi connectivity index (χ0n) is 11.6. The summed E-state index contributed by atoms with van der Waals surface area (Å²) in [6.45, 7) is 0.0284. The van der Waals surface area contributed by atoms with Gasteiger partial charge in [-0.3, -0.25) is 13.6 Å². The van der Waals surface area contributed by atoms with Crippen molar-refractivity contribution in [3.05, 3.63) is 71.8 Å². The van der Waals surface area contributed by atoms with Crippen molar-refractivity contribution >= 4 is 7.82 Å². The topological polar surface area (TPSA) is 70.8 Å². The van der Waals surface area contributed by atoms with Crippen molar-refractivity contribution < 1.29 is 18.1 Å². The van der Waals surface area contributed by atoms with E-state index in [1.54, 1.807) is 0 Å². The van der Waals surface area contributed by atoms with Crippen molar-refractivity contribution in [1.29, 1.82) is 0 Å². The molecule has 0 aliphatic rings. The summed E-state index contributed by atoms with van der Waals surface area (Å²) in [5.74, 6) is 0. The lowest BCUT2D eigenvalue weighted by atomic mass is 10.2. The minimum absolute atomic E-state index is 0.132. The van der Waals surface area contributed by atoms with E-state index in [0.29, 0.717) is 0 Å². The molecule has 0 atom stereocenters. The monoisotopic (exact) mass is 307 g/mol. The summed E-state index contributed by atoms with van der Waals surface area (Å²) in [5.41, 5.74) is 7.05. The highest BCUT2D eigenvalue weighted by Gasteiger charge is 2.26. The van der Waals surface area contributed by atoms with Gasteiger partial charge in [0.25, 0.3) is 0 Å². The highest BCUT2D eigenvalue weighted by atomic mass is 31.2. The third-order valence-corrected chi connectivity index (χ3v) is 4.05. The van der Waals surface area contributed by atoms with Crippen molar-refractivity contribution in [3.63, 3.8) is 0 Å². The first kappa shape index (κ1) is 15.9. The van der Waals surface area contributed by atoms with Crippen molar-refractivity contribution in [2.45, 2.75) is 13.2 Å². The van der Waals surface area contributed by atoms with Crippen LogP contribution in [0.1, 0.15) is 11.1 Å². The van der Waals surface area contributed by atoms with Gasteiger partial charge < -0.3 is 5.73 Å². The maximum Gasteiger partial charge on any atom is 0.476 e. The fourth-order valence-corrected chi connectivity index (χ4v) is 2.68. The molecule has 0 spiro atoms. The normalized spacial score (nSPS) is 11.5. The molecule has 0 saturated heterocycles. The minimum atomic E-state index is -3.68. The third-order valence-electron chi connectivity index (χ3n) is 2.70. The third kappa shape index (κ3) is 5.42. The zero-order valence-corrected chi connectivity index (χ0v) is 12.4. The van der Waals surface area contributed by atoms with Gasteiger partial charge in [-0.1, -0.05) is 60.7 Å². The van der Waals surface area contributed by atoms with E-state index in [2.05, 4.69) is 0 Å². The van der Waals surface area contributed by atoms with E-state index < -0.39 is 7.82 Å². The van der Waals surface area contributed by atoms with E-state index in [9.17, 15) is 4.57 Å². The van der Waals surface area contributed by atoms with Crippen LogP contribution in [0, 0.1) is 0 Å². The van der Waals surface area contributed by atoms with Gasteiger partial charge in [0.2, 0.25) is 0 Å². The van der Waals surface area contributed by atoms with Gasteiger partial charge in [0.1, 0.15) is 6.73 Å². The lowest BCUT2D eigenvalue weighted by molar-refractivity contribution is 0.105. The summed E-state index contributed by atoms with van der Waals surface area (Å²) >= 11 is 0. The van der Waals surface area contributed by atoms with Crippen LogP contribution in [0.15, 0.2) is 60.7 Å². The Morgan fingerprint density at radius 2 is 1.19 bits per heavy atom. The van der Waals surface area contributed by atoms with Crippen LogP contribution in [0.5, 0.6) is 0 Å². The zero-order chi connectivity index (χ0) is 15.0. The fraction of sp³-hybridized carbons (Fsp3) is 0.200. The van der Waals surface area contributed by atoms with Crippen LogP contribution in [-0.2, 0) is 31.4 Å². The number of phosphoric acid groups is 1. The van der Waals surface area contributed by atoms with Gasteiger partial charge in [-0.2, -0.15) is 0 Å². The van der Waals surface area contributed by atoms with E-state index >= 15 is 0 Å². The van der Waals surface area contributed by atoms with Crippen LogP contribution in [0.4, 0.5) is 0 Å². The van der Waals surface area contributed by atoms with Crippen LogP contribution in [0.3, 0.4) is 0 Å². The first-order valence-electron chi connectivity index (χ1n) is 6.53. The molecule has 2 rings (SSSR count). The molecule has 0 fully saturated rings. The molecule has 0 heterocycles. The van der Waals surface area contributed by atoms with E-state index in [1.165, 1.54) is 0 Å². The maximum absolute atomic E-state index is 12.4. The molecule has 0 bridgehead atoms. The average Bonchev–Trinajstić information content (AvgIpc) is 2.54. The molecule has 2 aromatic carbocycles. The Morgan fingerprint density at radius 3 is 1.57 bits per heavy atom. The van der Waals surface area contributed by atoms with Gasteiger partial charge in [-0.05, 0) is 11.1 Å². The number of hydrogen-bond donors (Lipinski definition) is 1. The number of hydrogen-bond acceptors (Lipinski definition) is 5. The summed E-state index contributed by atoms with van der Waals surface area (Å²) < 4.78 is 28.0. The van der Waals surface area contributed by atoms with Gasteiger partial charge in [0.15, 0.2) is 0 Å². The van der Waals surface area contributed by atoms with Gasteiger partial charge in [-0.15, -0.1) is 0 Å². The minimum Gasteiger partial charge on any atom is -0.308 e. The number of phosphoric ester groups is 1. The molecule has 21 heavy (non-hydrogen) atoms. The Morgan fingerprint density at radius 1 is 0.762 bits per heavy atom. The summed E-state index contributed by atoms with van der Waals surface area (Å²) in [5, 5.41) is 0. The fourth-order valence-electron chi connectivity index (χ4n) is 1.66. The largest absolute Gasteiger partial charge is 0.476 e. The van der Waals surface area contributed by atoms with E-state index in [0.717, 1.165) is 11.1 Å². The molecule has 0 aromatic heterocycles. The second kappa shape index (κ2) is 8.08. The smallest absolute Gasteiger partial charge is 0.308 e. The van der Waals surface area contributed by atoms with Crippen molar-refractivity contribution in [2.75, 3.05) is 6.73 Å². The molecule has 0 saturated carbocycles. The molecule has 2 aromatic rings. The Balaban J connectivity index is 1.94. The highest BCUT2D eigenvalue weighted by molar-refractivity contribution is 7.48. The standard InChI is InChI=1S/C15H18NO4P/c16-13-20-21(17,18-11-14-7-3-1-4-8-14)19-12-15-9-5-2-6-10-15/h1-10H,11-13,16H2. The van der Waals surface area contributed by atoms with E-state index in [-0.39, 0.29) is 19.9 Å². The number of nitrogens with two attached hydrogens (primary N) is 1.